The second kappa shape index (κ2) is 8.69. The van der Waals surface area contributed by atoms with Crippen molar-refractivity contribution in [3.05, 3.63) is 35.9 Å². The van der Waals surface area contributed by atoms with Crippen LogP contribution in [0.25, 0.3) is 0 Å². The third kappa shape index (κ3) is 4.58. The molecular weight excluding hydrogens is 346 g/mol. The Bertz CT molecular complexity index is 721. The first-order chi connectivity index (χ1) is 13.3. The van der Waals surface area contributed by atoms with E-state index in [9.17, 15) is 4.79 Å². The molecule has 3 heterocycles. The minimum Gasteiger partial charge on any atom is -0.472 e. The maximum absolute atomic E-state index is 12.5. The van der Waals surface area contributed by atoms with Gasteiger partial charge in [-0.3, -0.25) is 4.79 Å². The highest BCUT2D eigenvalue weighted by molar-refractivity contribution is 5.93. The number of hydrogen-bond donors (Lipinski definition) is 0. The van der Waals surface area contributed by atoms with Crippen LogP contribution >= 0.6 is 0 Å². The van der Waals surface area contributed by atoms with Crippen molar-refractivity contribution in [3.8, 4) is 0 Å². The number of likely N-dealkylation sites (tertiary alicyclic amines) is 1. The number of amides is 1. The second-order valence-corrected chi connectivity index (χ2v) is 7.63. The van der Waals surface area contributed by atoms with E-state index in [0.29, 0.717) is 36.9 Å². The van der Waals surface area contributed by atoms with E-state index in [-0.39, 0.29) is 11.8 Å². The third-order valence-corrected chi connectivity index (χ3v) is 5.61. The highest BCUT2D eigenvalue weighted by Gasteiger charge is 2.29. The van der Waals surface area contributed by atoms with Gasteiger partial charge in [-0.25, -0.2) is 0 Å². The van der Waals surface area contributed by atoms with Crippen LogP contribution in [0.5, 0.6) is 0 Å². The molecule has 0 spiro atoms. The van der Waals surface area contributed by atoms with Crippen molar-refractivity contribution in [1.29, 1.82) is 0 Å². The molecule has 2 fully saturated rings. The van der Waals surface area contributed by atoms with Gasteiger partial charge in [-0.05, 0) is 37.7 Å². The zero-order valence-corrected chi connectivity index (χ0v) is 15.6. The highest BCUT2D eigenvalue weighted by atomic mass is 16.5. The minimum absolute atomic E-state index is 0.00602. The molecule has 1 saturated heterocycles. The molecule has 0 radical (unpaired) electrons. The van der Waals surface area contributed by atoms with Crippen LogP contribution in [0.2, 0.25) is 0 Å². The molecule has 0 bridgehead atoms. The Morgan fingerprint density at radius 3 is 2.96 bits per heavy atom. The minimum atomic E-state index is -0.00602. The van der Waals surface area contributed by atoms with Crippen molar-refractivity contribution >= 4 is 5.91 Å². The van der Waals surface area contributed by atoms with Crippen LogP contribution in [0.3, 0.4) is 0 Å². The first-order valence-corrected chi connectivity index (χ1v) is 10.0. The summed E-state index contributed by atoms with van der Waals surface area (Å²) in [6.07, 6.45) is 10.8. The topological polar surface area (TPSA) is 81.6 Å². The number of carbonyl (C=O) groups excluding carboxylic acids is 1. The monoisotopic (exact) mass is 373 g/mol. The predicted octanol–water partition coefficient (Wildman–Crippen LogP) is 3.43. The molecular formula is C20H27N3O4. The molecule has 1 saturated carbocycles. The fraction of sp³-hybridized carbons (Fsp3) is 0.650. The largest absolute Gasteiger partial charge is 0.472 e. The standard InChI is InChI=1S/C20H27N3O4/c24-20(17-7-10-26-14-17)23-9-3-6-16(12-23)19-21-18(22-27-19)8-11-25-13-15-4-1-2-5-15/h7,10,14-16H,1-6,8-9,11-13H2. The van der Waals surface area contributed by atoms with Gasteiger partial charge in [-0.1, -0.05) is 18.0 Å². The number of carbonyl (C=O) groups is 1. The average molecular weight is 373 g/mol. The number of ether oxygens (including phenoxy) is 1. The molecule has 7 heteroatoms. The van der Waals surface area contributed by atoms with Gasteiger partial charge in [0.2, 0.25) is 5.89 Å². The van der Waals surface area contributed by atoms with E-state index in [1.165, 1.54) is 38.2 Å². The van der Waals surface area contributed by atoms with Gasteiger partial charge in [0.15, 0.2) is 5.82 Å². The number of nitrogens with zero attached hydrogens (tertiary/aromatic N) is 3. The van der Waals surface area contributed by atoms with E-state index < -0.39 is 0 Å². The molecule has 1 aliphatic heterocycles. The molecule has 0 N–H and O–H groups in total. The van der Waals surface area contributed by atoms with Crippen LogP contribution in [-0.2, 0) is 11.2 Å². The summed E-state index contributed by atoms with van der Waals surface area (Å²) >= 11 is 0. The van der Waals surface area contributed by atoms with Gasteiger partial charge in [0, 0.05) is 26.1 Å². The van der Waals surface area contributed by atoms with Gasteiger partial charge < -0.3 is 18.6 Å². The van der Waals surface area contributed by atoms with E-state index in [4.69, 9.17) is 13.7 Å². The Balaban J connectivity index is 1.26. The third-order valence-electron chi connectivity index (χ3n) is 5.61. The molecule has 1 unspecified atom stereocenters. The lowest BCUT2D eigenvalue weighted by molar-refractivity contribution is 0.0695. The van der Waals surface area contributed by atoms with Crippen LogP contribution in [0.15, 0.2) is 27.5 Å². The summed E-state index contributed by atoms with van der Waals surface area (Å²) in [4.78, 5) is 18.9. The summed E-state index contributed by atoms with van der Waals surface area (Å²) in [5.74, 6) is 2.13. The summed E-state index contributed by atoms with van der Waals surface area (Å²) in [5.41, 5.74) is 0.585. The Hall–Kier alpha value is -2.15. The van der Waals surface area contributed by atoms with Crippen molar-refractivity contribution < 1.29 is 18.5 Å². The molecule has 1 aliphatic carbocycles. The number of piperidine rings is 1. The van der Waals surface area contributed by atoms with Crippen molar-refractivity contribution in [2.24, 2.45) is 5.92 Å². The molecule has 1 amide bonds. The maximum Gasteiger partial charge on any atom is 0.257 e. The maximum atomic E-state index is 12.5. The Labute approximate surface area is 159 Å². The molecule has 2 aromatic heterocycles. The highest BCUT2D eigenvalue weighted by Crippen LogP contribution is 2.27. The Morgan fingerprint density at radius 2 is 2.15 bits per heavy atom. The zero-order valence-electron chi connectivity index (χ0n) is 15.6. The molecule has 146 valence electrons. The van der Waals surface area contributed by atoms with E-state index in [1.807, 2.05) is 4.90 Å². The smallest absolute Gasteiger partial charge is 0.257 e. The second-order valence-electron chi connectivity index (χ2n) is 7.63. The lowest BCUT2D eigenvalue weighted by Crippen LogP contribution is -2.39. The van der Waals surface area contributed by atoms with E-state index in [0.717, 1.165) is 31.9 Å². The van der Waals surface area contributed by atoms with Crippen LogP contribution in [0, 0.1) is 5.92 Å². The zero-order chi connectivity index (χ0) is 18.5. The van der Waals surface area contributed by atoms with E-state index in [1.54, 1.807) is 6.07 Å². The van der Waals surface area contributed by atoms with Gasteiger partial charge in [0.05, 0.1) is 24.4 Å². The molecule has 27 heavy (non-hydrogen) atoms. The van der Waals surface area contributed by atoms with Crippen molar-refractivity contribution in [2.45, 2.75) is 50.9 Å². The lowest BCUT2D eigenvalue weighted by atomic mass is 9.97. The van der Waals surface area contributed by atoms with Crippen LogP contribution in [-0.4, -0.2) is 47.3 Å². The lowest BCUT2D eigenvalue weighted by Gasteiger charge is -2.30. The van der Waals surface area contributed by atoms with Crippen molar-refractivity contribution in [3.63, 3.8) is 0 Å². The summed E-state index contributed by atoms with van der Waals surface area (Å²) in [6.45, 7) is 2.82. The number of rotatable bonds is 7. The molecule has 2 aromatic rings. The van der Waals surface area contributed by atoms with Gasteiger partial charge >= 0.3 is 0 Å². The number of hydrogen-bond acceptors (Lipinski definition) is 6. The van der Waals surface area contributed by atoms with Gasteiger partial charge in [-0.2, -0.15) is 4.98 Å². The summed E-state index contributed by atoms with van der Waals surface area (Å²) in [6, 6.07) is 1.70. The molecule has 4 rings (SSSR count). The Morgan fingerprint density at radius 1 is 1.26 bits per heavy atom. The summed E-state index contributed by atoms with van der Waals surface area (Å²) < 4.78 is 16.3. The van der Waals surface area contributed by atoms with Gasteiger partial charge in [-0.15, -0.1) is 0 Å². The van der Waals surface area contributed by atoms with E-state index in [2.05, 4.69) is 10.1 Å². The first kappa shape index (κ1) is 18.2. The Kier molecular flexibility index (Phi) is 5.87. The number of aromatic nitrogens is 2. The molecule has 7 nitrogen and oxygen atoms in total. The summed E-state index contributed by atoms with van der Waals surface area (Å²) in [7, 11) is 0. The average Bonchev–Trinajstić information content (AvgIpc) is 3.47. The van der Waals surface area contributed by atoms with Crippen LogP contribution in [0.1, 0.15) is 66.5 Å². The van der Waals surface area contributed by atoms with Crippen molar-refractivity contribution in [1.82, 2.24) is 15.0 Å². The van der Waals surface area contributed by atoms with Crippen molar-refractivity contribution in [2.75, 3.05) is 26.3 Å². The fourth-order valence-corrected chi connectivity index (χ4v) is 4.06. The van der Waals surface area contributed by atoms with Gasteiger partial charge in [0.25, 0.3) is 5.91 Å². The first-order valence-electron chi connectivity index (χ1n) is 10.0. The van der Waals surface area contributed by atoms with Gasteiger partial charge in [0.1, 0.15) is 6.26 Å². The van der Waals surface area contributed by atoms with Crippen LogP contribution in [0.4, 0.5) is 0 Å². The molecule has 0 aromatic carbocycles. The van der Waals surface area contributed by atoms with Crippen LogP contribution < -0.4 is 0 Å². The van der Waals surface area contributed by atoms with E-state index >= 15 is 0 Å². The SMILES string of the molecule is O=C(c1ccoc1)N1CCCC(c2nc(CCOCC3CCCC3)no2)C1. The quantitative estimate of drug-likeness (QED) is 0.692. The molecule has 2 aliphatic rings. The normalized spacial score (nSPS) is 21.0. The number of furan rings is 1. The fourth-order valence-electron chi connectivity index (χ4n) is 4.06. The molecule has 1 atom stereocenters. The summed E-state index contributed by atoms with van der Waals surface area (Å²) in [5, 5.41) is 4.10. The predicted molar refractivity (Wildman–Crippen MR) is 97.4 cm³/mol.